The summed E-state index contributed by atoms with van der Waals surface area (Å²) < 4.78 is 0.888. The second-order valence-electron chi connectivity index (χ2n) is 12.1. The smallest absolute Gasteiger partial charge is 1.00 e. The zero-order valence-electron chi connectivity index (χ0n) is 20.5. The van der Waals surface area contributed by atoms with Crippen LogP contribution in [0.25, 0.3) is 0 Å². The largest absolute Gasteiger partial charge is 1.00 e. The Morgan fingerprint density at radius 2 is 1.09 bits per heavy atom. The summed E-state index contributed by atoms with van der Waals surface area (Å²) >= 11 is -1.21. The second-order valence-corrected chi connectivity index (χ2v) is 24.2. The van der Waals surface area contributed by atoms with Crippen LogP contribution in [0.1, 0.15) is 13.8 Å². The van der Waals surface area contributed by atoms with Crippen LogP contribution in [-0.4, -0.2) is 8.07 Å². The third-order valence-corrected chi connectivity index (χ3v) is 24.5. The predicted molar refractivity (Wildman–Crippen MR) is 134 cm³/mol. The van der Waals surface area contributed by atoms with Crippen molar-refractivity contribution in [2.24, 2.45) is 35.5 Å². The minimum absolute atomic E-state index is 0. The first kappa shape index (κ1) is 25.2. The molecule has 2 saturated carbocycles. The molecule has 6 aliphatic carbocycles. The monoisotopic (exact) mass is 672 g/mol. The van der Waals surface area contributed by atoms with Gasteiger partial charge in [-0.3, -0.25) is 0 Å². The normalized spacial score (nSPS) is 48.8. The van der Waals surface area contributed by atoms with Crippen molar-refractivity contribution in [1.29, 1.82) is 0 Å². The standard InChI is InChI=1S/C30H34Si.2ClH.Hf/c1-19-13-15-23-21-9-5-7-11-25(21)29(27(23)17-19)31(3,4)30-26-12-8-6-10-22(26)24-16-14-20(2)18-28(24)30;;;/h5-18,23-30H,1-4H3;2*1H;/q;;;+2/p-2. The molecule has 0 N–H and O–H groups in total. The van der Waals surface area contributed by atoms with Crippen molar-refractivity contribution >= 4 is 8.07 Å². The minimum Gasteiger partial charge on any atom is -1.00 e. The van der Waals surface area contributed by atoms with Gasteiger partial charge >= 0.3 is 207 Å². The Morgan fingerprint density at radius 3 is 1.53 bits per heavy atom. The molecule has 0 aromatic carbocycles. The van der Waals surface area contributed by atoms with Crippen LogP contribution in [0, 0.1) is 35.5 Å². The van der Waals surface area contributed by atoms with Crippen molar-refractivity contribution in [3.05, 3.63) is 96.2 Å². The van der Waals surface area contributed by atoms with Crippen molar-refractivity contribution in [2.45, 2.75) is 44.4 Å². The van der Waals surface area contributed by atoms with Crippen LogP contribution in [0.4, 0.5) is 0 Å². The van der Waals surface area contributed by atoms with Crippen LogP contribution in [0.2, 0.25) is 30.5 Å². The average Bonchev–Trinajstić information content (AvgIpc) is 3.21. The maximum absolute atomic E-state index is 2.81. The van der Waals surface area contributed by atoms with Gasteiger partial charge in [-0.25, -0.2) is 0 Å². The van der Waals surface area contributed by atoms with Gasteiger partial charge in [0.2, 0.25) is 0 Å². The third kappa shape index (κ3) is 2.98. The van der Waals surface area contributed by atoms with E-state index in [1.807, 2.05) is 0 Å². The molecule has 4 bridgehead atoms. The summed E-state index contributed by atoms with van der Waals surface area (Å²) in [4.78, 5) is 0. The molecule has 1 heterocycles. The molecule has 7 rings (SSSR count). The summed E-state index contributed by atoms with van der Waals surface area (Å²) in [6.07, 6.45) is 36.4. The van der Waals surface area contributed by atoms with E-state index in [0.29, 0.717) is 6.34 Å². The van der Waals surface area contributed by atoms with Crippen LogP contribution >= 0.6 is 0 Å². The predicted octanol–water partition coefficient (Wildman–Crippen LogP) is 1.87. The fourth-order valence-electron chi connectivity index (χ4n) is 9.55. The first-order valence-corrected chi connectivity index (χ1v) is 19.4. The Kier molecular flexibility index (Phi) is 6.16. The van der Waals surface area contributed by atoms with E-state index in [1.165, 1.54) is 11.1 Å². The average molecular weight is 672 g/mol. The van der Waals surface area contributed by atoms with Gasteiger partial charge in [0.1, 0.15) is 0 Å². The summed E-state index contributed by atoms with van der Waals surface area (Å²) in [7, 11) is -1.65. The SMILES string of the molecule is CC1=CC2C(C=C1)[C]13C=CC=CC1C2[Si](C)(C)C1C2C=C(C)C=CC2[C]2(C=CC=CC12)[Hf+2]3.[Cl-].[Cl-]. The van der Waals surface area contributed by atoms with E-state index in [9.17, 15) is 0 Å². The summed E-state index contributed by atoms with van der Waals surface area (Å²) in [5.74, 6) is 4.50. The van der Waals surface area contributed by atoms with E-state index in [2.05, 4.69) is 112 Å². The third-order valence-electron chi connectivity index (χ3n) is 10.4. The van der Waals surface area contributed by atoms with Gasteiger partial charge in [-0.05, 0) is 0 Å². The van der Waals surface area contributed by atoms with Gasteiger partial charge in [0.15, 0.2) is 0 Å². The Hall–Kier alpha value is -0.413. The fourth-order valence-corrected chi connectivity index (χ4v) is 26.8. The molecule has 10 atom stereocenters. The van der Waals surface area contributed by atoms with Gasteiger partial charge in [0, 0.05) is 0 Å². The van der Waals surface area contributed by atoms with E-state index in [0.717, 1.165) is 46.6 Å². The van der Waals surface area contributed by atoms with Crippen LogP contribution in [0.15, 0.2) is 96.2 Å². The number of hydrogen-bond acceptors (Lipinski definition) is 0. The molecule has 0 aromatic rings. The molecule has 0 spiro atoms. The topological polar surface area (TPSA) is 0 Å². The van der Waals surface area contributed by atoms with Gasteiger partial charge < -0.3 is 24.8 Å². The van der Waals surface area contributed by atoms with Gasteiger partial charge in [-0.2, -0.15) is 0 Å². The molecule has 10 unspecified atom stereocenters. The first-order chi connectivity index (χ1) is 15.4. The van der Waals surface area contributed by atoms with E-state index < -0.39 is 31.0 Å². The molecule has 1 aliphatic heterocycles. The number of rotatable bonds is 0. The molecule has 0 nitrogen and oxygen atoms in total. The maximum atomic E-state index is 2.81. The van der Waals surface area contributed by atoms with Crippen LogP contribution in [0.5, 0.6) is 0 Å². The molecule has 3 fully saturated rings. The Labute approximate surface area is 230 Å². The van der Waals surface area contributed by atoms with Crippen molar-refractivity contribution in [1.82, 2.24) is 0 Å². The Balaban J connectivity index is 0.00000120. The zero-order chi connectivity index (χ0) is 21.9. The second kappa shape index (κ2) is 8.30. The summed E-state index contributed by atoms with van der Waals surface area (Å²) in [5.41, 5.74) is 4.74. The molecular formula is C30H34Cl2HfSi. The van der Waals surface area contributed by atoms with Crippen LogP contribution in [0.3, 0.4) is 0 Å². The van der Waals surface area contributed by atoms with E-state index in [-0.39, 0.29) is 24.8 Å². The summed E-state index contributed by atoms with van der Waals surface area (Å²) in [6, 6.07) is 0. The molecule has 176 valence electrons. The number of halogens is 2. The molecule has 34 heavy (non-hydrogen) atoms. The maximum Gasteiger partial charge on any atom is -1.00 e. The molecule has 0 amide bonds. The fraction of sp³-hybridized carbons (Fsp3) is 0.467. The Bertz CT molecular complexity index is 1050. The van der Waals surface area contributed by atoms with Gasteiger partial charge in [-0.15, -0.1) is 0 Å². The number of fused-ring (bicyclic) bond motifs is 4. The number of allylic oxidation sites excluding steroid dienone is 16. The summed E-state index contributed by atoms with van der Waals surface area (Å²) in [6.45, 7) is 10.3. The van der Waals surface area contributed by atoms with Crippen molar-refractivity contribution < 1.29 is 47.7 Å². The Morgan fingerprint density at radius 1 is 0.647 bits per heavy atom. The molecule has 7 aliphatic rings. The zero-order valence-corrected chi connectivity index (χ0v) is 26.6. The summed E-state index contributed by atoms with van der Waals surface area (Å²) in [5, 5.41) is 0. The number of hydrogen-bond donors (Lipinski definition) is 0. The molecule has 1 saturated heterocycles. The van der Waals surface area contributed by atoms with Crippen LogP contribution < -0.4 is 24.8 Å². The minimum atomic E-state index is -1.65. The van der Waals surface area contributed by atoms with E-state index in [4.69, 9.17) is 0 Å². The molecule has 4 heteroatoms. The van der Waals surface area contributed by atoms with Gasteiger partial charge in [0.25, 0.3) is 0 Å². The molecular weight excluding hydrogens is 638 g/mol. The van der Waals surface area contributed by atoms with Crippen molar-refractivity contribution in [3.63, 3.8) is 0 Å². The molecule has 0 radical (unpaired) electrons. The molecule has 0 aromatic heterocycles. The van der Waals surface area contributed by atoms with Crippen molar-refractivity contribution in [3.8, 4) is 0 Å². The first-order valence-electron chi connectivity index (χ1n) is 12.6. The van der Waals surface area contributed by atoms with Crippen LogP contribution in [-0.2, 0) is 22.9 Å². The van der Waals surface area contributed by atoms with E-state index >= 15 is 0 Å². The quantitative estimate of drug-likeness (QED) is 0.346. The van der Waals surface area contributed by atoms with E-state index in [1.54, 1.807) is 0 Å². The van der Waals surface area contributed by atoms with Gasteiger partial charge in [0.05, 0.1) is 0 Å². The van der Waals surface area contributed by atoms with Gasteiger partial charge in [-0.1, -0.05) is 0 Å². The van der Waals surface area contributed by atoms with Crippen molar-refractivity contribution in [2.75, 3.05) is 0 Å².